The molecule has 5 nitrogen and oxygen atoms in total. The van der Waals surface area contributed by atoms with E-state index in [9.17, 15) is 26.4 Å². The summed E-state index contributed by atoms with van der Waals surface area (Å²) < 4.78 is 65.8. The number of hydrogen-bond donors (Lipinski definition) is 1. The number of rotatable bonds is 5. The van der Waals surface area contributed by atoms with Gasteiger partial charge in [-0.15, -0.1) is 0 Å². The lowest BCUT2D eigenvalue weighted by Gasteiger charge is -2.10. The molecule has 2 aromatic carbocycles. The first kappa shape index (κ1) is 20.1. The molecule has 2 aromatic rings. The SMILES string of the molecule is Cc1ccc(Cl)c(OS(=O)(=O)c2ccc(C(=O)NCC(F)(F)F)cc2)c1. The summed E-state index contributed by atoms with van der Waals surface area (Å²) in [7, 11) is -4.23. The molecule has 0 saturated carbocycles. The quantitative estimate of drug-likeness (QED) is 0.767. The number of amides is 1. The van der Waals surface area contributed by atoms with Crippen LogP contribution >= 0.6 is 11.6 Å². The normalized spacial score (nSPS) is 11.9. The van der Waals surface area contributed by atoms with Crippen molar-refractivity contribution in [3.8, 4) is 5.75 Å². The summed E-state index contributed by atoms with van der Waals surface area (Å²) in [5, 5.41) is 1.79. The molecule has 0 atom stereocenters. The van der Waals surface area contributed by atoms with E-state index in [0.29, 0.717) is 0 Å². The zero-order chi connectivity index (χ0) is 19.5. The van der Waals surface area contributed by atoms with E-state index in [0.717, 1.165) is 29.8 Å². The molecule has 1 N–H and O–H groups in total. The molecule has 0 aliphatic rings. The Kier molecular flexibility index (Phi) is 5.82. The van der Waals surface area contributed by atoms with E-state index >= 15 is 0 Å². The van der Waals surface area contributed by atoms with Gasteiger partial charge in [-0.2, -0.15) is 21.6 Å². The molecule has 0 heterocycles. The van der Waals surface area contributed by atoms with E-state index in [4.69, 9.17) is 15.8 Å². The van der Waals surface area contributed by atoms with Gasteiger partial charge in [0.1, 0.15) is 11.4 Å². The Morgan fingerprint density at radius 2 is 1.77 bits per heavy atom. The van der Waals surface area contributed by atoms with Crippen molar-refractivity contribution >= 4 is 27.6 Å². The number of halogens is 4. The first-order chi connectivity index (χ1) is 12.0. The molecule has 0 spiro atoms. The fourth-order valence-electron chi connectivity index (χ4n) is 1.90. The molecule has 1 amide bonds. The first-order valence-electron chi connectivity index (χ1n) is 7.13. The molecule has 26 heavy (non-hydrogen) atoms. The standard InChI is InChI=1S/C16H13ClF3NO4S/c1-10-2-7-13(17)14(8-10)25-26(23,24)12-5-3-11(4-6-12)15(22)21-9-16(18,19)20/h2-8H,9H2,1H3,(H,21,22). The lowest BCUT2D eigenvalue weighted by molar-refractivity contribution is -0.123. The Labute approximate surface area is 152 Å². The molecule has 10 heteroatoms. The topological polar surface area (TPSA) is 72.5 Å². The van der Waals surface area contributed by atoms with E-state index < -0.39 is 28.7 Å². The van der Waals surface area contributed by atoms with E-state index in [-0.39, 0.29) is 21.2 Å². The number of carbonyl (C=O) groups is 1. The smallest absolute Gasteiger partial charge is 0.377 e. The van der Waals surface area contributed by atoms with Gasteiger partial charge in [0.25, 0.3) is 5.91 Å². The Bertz CT molecular complexity index is 912. The van der Waals surface area contributed by atoms with Crippen LogP contribution in [0.4, 0.5) is 13.2 Å². The molecule has 0 aromatic heterocycles. The van der Waals surface area contributed by atoms with E-state index in [2.05, 4.69) is 0 Å². The van der Waals surface area contributed by atoms with Crippen LogP contribution in [0, 0.1) is 6.92 Å². The zero-order valence-corrected chi connectivity index (χ0v) is 14.9. The fourth-order valence-corrected chi connectivity index (χ4v) is 3.04. The van der Waals surface area contributed by atoms with Crippen LogP contribution in [0.5, 0.6) is 5.75 Å². The number of aryl methyl sites for hydroxylation is 1. The number of benzene rings is 2. The summed E-state index contributed by atoms with van der Waals surface area (Å²) in [5.74, 6) is -1.03. The van der Waals surface area contributed by atoms with Gasteiger partial charge in [-0.3, -0.25) is 4.79 Å². The molecule has 0 aliphatic heterocycles. The van der Waals surface area contributed by atoms with E-state index in [1.54, 1.807) is 18.3 Å². The highest BCUT2D eigenvalue weighted by Gasteiger charge is 2.28. The van der Waals surface area contributed by atoms with Crippen LogP contribution in [0.1, 0.15) is 15.9 Å². The molecule has 0 radical (unpaired) electrons. The molecule has 2 rings (SSSR count). The van der Waals surface area contributed by atoms with Crippen molar-refractivity contribution in [2.24, 2.45) is 0 Å². The minimum atomic E-state index is -4.54. The number of nitrogens with one attached hydrogen (secondary N) is 1. The van der Waals surface area contributed by atoms with Gasteiger partial charge in [0.2, 0.25) is 0 Å². The maximum absolute atomic E-state index is 12.3. The van der Waals surface area contributed by atoms with Crippen molar-refractivity contribution in [1.29, 1.82) is 0 Å². The van der Waals surface area contributed by atoms with Gasteiger partial charge < -0.3 is 9.50 Å². The molecule has 0 bridgehead atoms. The van der Waals surface area contributed by atoms with Gasteiger partial charge in [0, 0.05) is 5.56 Å². The summed E-state index contributed by atoms with van der Waals surface area (Å²) in [6, 6.07) is 8.88. The zero-order valence-electron chi connectivity index (χ0n) is 13.3. The molecular formula is C16H13ClF3NO4S. The summed E-state index contributed by atoms with van der Waals surface area (Å²) in [4.78, 5) is 11.3. The predicted octanol–water partition coefficient (Wildman–Crippen LogP) is 3.71. The summed E-state index contributed by atoms with van der Waals surface area (Å²) in [6.07, 6.45) is -4.54. The lowest BCUT2D eigenvalue weighted by Crippen LogP contribution is -2.33. The summed E-state index contributed by atoms with van der Waals surface area (Å²) in [6.45, 7) is 0.241. The highest BCUT2D eigenvalue weighted by atomic mass is 35.5. The van der Waals surface area contributed by atoms with Crippen molar-refractivity contribution in [3.63, 3.8) is 0 Å². The summed E-state index contributed by atoms with van der Waals surface area (Å²) >= 11 is 5.89. The van der Waals surface area contributed by atoms with Crippen LogP contribution in [0.3, 0.4) is 0 Å². The van der Waals surface area contributed by atoms with E-state index in [1.165, 1.54) is 12.1 Å². The average molecular weight is 408 g/mol. The molecule has 0 fully saturated rings. The molecule has 0 aliphatic carbocycles. The van der Waals surface area contributed by atoms with Crippen LogP contribution in [0.15, 0.2) is 47.4 Å². The maximum atomic E-state index is 12.3. The number of alkyl halides is 3. The molecule has 140 valence electrons. The fraction of sp³-hybridized carbons (Fsp3) is 0.188. The van der Waals surface area contributed by atoms with Crippen molar-refractivity contribution in [2.45, 2.75) is 18.0 Å². The van der Waals surface area contributed by atoms with Crippen LogP contribution in [-0.4, -0.2) is 27.0 Å². The van der Waals surface area contributed by atoms with Crippen molar-refractivity contribution in [3.05, 3.63) is 58.6 Å². The highest BCUT2D eigenvalue weighted by molar-refractivity contribution is 7.87. The van der Waals surface area contributed by atoms with Crippen molar-refractivity contribution in [2.75, 3.05) is 6.54 Å². The maximum Gasteiger partial charge on any atom is 0.405 e. The van der Waals surface area contributed by atoms with Gasteiger partial charge in [-0.05, 0) is 48.9 Å². The van der Waals surface area contributed by atoms with Crippen LogP contribution in [-0.2, 0) is 10.1 Å². The number of carbonyl (C=O) groups excluding carboxylic acids is 1. The van der Waals surface area contributed by atoms with Crippen molar-refractivity contribution in [1.82, 2.24) is 5.32 Å². The van der Waals surface area contributed by atoms with Gasteiger partial charge in [0.05, 0.1) is 5.02 Å². The second-order valence-electron chi connectivity index (χ2n) is 5.29. The molecule has 0 unspecified atom stereocenters. The predicted molar refractivity (Wildman–Crippen MR) is 88.8 cm³/mol. The van der Waals surface area contributed by atoms with Crippen LogP contribution in [0.25, 0.3) is 0 Å². The summed E-state index contributed by atoms with van der Waals surface area (Å²) in [5.41, 5.74) is 0.609. The third-order valence-electron chi connectivity index (χ3n) is 3.14. The highest BCUT2D eigenvalue weighted by Crippen LogP contribution is 2.28. The Morgan fingerprint density at radius 1 is 1.15 bits per heavy atom. The Balaban J connectivity index is 2.16. The van der Waals surface area contributed by atoms with E-state index in [1.807, 2.05) is 0 Å². The second kappa shape index (κ2) is 7.55. The average Bonchev–Trinajstić information content (AvgIpc) is 2.55. The third kappa shape index (κ3) is 5.37. The minimum absolute atomic E-state index is 0.0568. The van der Waals surface area contributed by atoms with Gasteiger partial charge in [0.15, 0.2) is 5.75 Å². The minimum Gasteiger partial charge on any atom is -0.377 e. The van der Waals surface area contributed by atoms with Crippen molar-refractivity contribution < 1.29 is 30.6 Å². The number of hydrogen-bond acceptors (Lipinski definition) is 4. The second-order valence-corrected chi connectivity index (χ2v) is 7.25. The monoisotopic (exact) mass is 407 g/mol. The third-order valence-corrected chi connectivity index (χ3v) is 4.70. The molecular weight excluding hydrogens is 395 g/mol. The lowest BCUT2D eigenvalue weighted by atomic mass is 10.2. The Morgan fingerprint density at radius 3 is 2.35 bits per heavy atom. The van der Waals surface area contributed by atoms with Gasteiger partial charge in [-0.25, -0.2) is 0 Å². The van der Waals surface area contributed by atoms with Gasteiger partial charge >= 0.3 is 16.3 Å². The van der Waals surface area contributed by atoms with Crippen LogP contribution in [0.2, 0.25) is 5.02 Å². The first-order valence-corrected chi connectivity index (χ1v) is 8.92. The van der Waals surface area contributed by atoms with Crippen LogP contribution < -0.4 is 9.50 Å². The Hall–Kier alpha value is -2.26. The largest absolute Gasteiger partial charge is 0.405 e. The molecule has 0 saturated heterocycles. The van der Waals surface area contributed by atoms with Gasteiger partial charge in [-0.1, -0.05) is 17.7 Å².